The number of hydrogen-bond acceptors (Lipinski definition) is 7. The Morgan fingerprint density at radius 3 is 2.71 bits per heavy atom. The topological polar surface area (TPSA) is 95.5 Å². The van der Waals surface area contributed by atoms with Crippen LogP contribution in [-0.4, -0.2) is 45.0 Å². The predicted octanol–water partition coefficient (Wildman–Crippen LogP) is 1.67. The summed E-state index contributed by atoms with van der Waals surface area (Å²) in [5.41, 5.74) is 4.70. The maximum absolute atomic E-state index is 13.0. The highest BCUT2D eigenvalue weighted by Crippen LogP contribution is 2.31. The van der Waals surface area contributed by atoms with Gasteiger partial charge in [-0.05, 0) is 37.6 Å². The first kappa shape index (κ1) is 16.9. The second kappa shape index (κ2) is 6.54. The van der Waals surface area contributed by atoms with Crippen LogP contribution in [0.25, 0.3) is 0 Å². The molecule has 128 valence electrons. The van der Waals surface area contributed by atoms with Gasteiger partial charge in [0.05, 0.1) is 11.7 Å². The number of aliphatic hydroxyl groups excluding tert-OH is 1. The molecule has 1 fully saturated rings. The fourth-order valence-corrected chi connectivity index (χ4v) is 3.32. The van der Waals surface area contributed by atoms with E-state index < -0.39 is 11.7 Å². The maximum atomic E-state index is 13.0. The summed E-state index contributed by atoms with van der Waals surface area (Å²) in [6, 6.07) is 7.88. The van der Waals surface area contributed by atoms with Gasteiger partial charge in [-0.15, -0.1) is 0 Å². The molecule has 1 aromatic carbocycles. The minimum absolute atomic E-state index is 0.129. The number of anilines is 2. The molecule has 0 unspecified atom stereocenters. The number of nitrogen functional groups attached to an aromatic ring is 1. The molecule has 0 aliphatic carbocycles. The molecule has 8 heteroatoms. The molecule has 0 bridgehead atoms. The lowest BCUT2D eigenvalue weighted by molar-refractivity contribution is -0.0722. The fraction of sp³-hybridized carbons (Fsp3) is 0.375. The minimum Gasteiger partial charge on any atom is -0.388 e. The second-order valence-corrected chi connectivity index (χ2v) is 7.14. The number of halogens is 1. The third-order valence-electron chi connectivity index (χ3n) is 4.07. The molecular weight excluding hydrogens is 331 g/mol. The summed E-state index contributed by atoms with van der Waals surface area (Å²) in [5.74, 6) is 0.433. The lowest BCUT2D eigenvalue weighted by atomic mass is 9.91. The largest absolute Gasteiger partial charge is 0.388 e. The molecule has 1 saturated heterocycles. The summed E-state index contributed by atoms with van der Waals surface area (Å²) < 4.78 is 13.0. The predicted molar refractivity (Wildman–Crippen MR) is 90.4 cm³/mol. The quantitative estimate of drug-likeness (QED) is 0.725. The number of rotatable bonds is 3. The summed E-state index contributed by atoms with van der Waals surface area (Å²) in [5, 5.41) is 20.8. The zero-order valence-electron chi connectivity index (χ0n) is 13.2. The Kier molecular flexibility index (Phi) is 4.62. The van der Waals surface area contributed by atoms with Crippen LogP contribution in [-0.2, 0) is 0 Å². The molecular formula is C16H19FN4O2S. The highest BCUT2D eigenvalue weighted by atomic mass is 32.2. The van der Waals surface area contributed by atoms with Crippen LogP contribution < -0.4 is 10.6 Å². The summed E-state index contributed by atoms with van der Waals surface area (Å²) in [6.45, 7) is 2.45. The number of hydrogen-bond donors (Lipinski definition) is 3. The summed E-state index contributed by atoms with van der Waals surface area (Å²) in [7, 11) is 0. The number of piperidine rings is 1. The maximum Gasteiger partial charge on any atom is 0.223 e. The van der Waals surface area contributed by atoms with Crippen molar-refractivity contribution in [3.8, 4) is 0 Å². The molecule has 0 spiro atoms. The second-order valence-electron chi connectivity index (χ2n) is 6.05. The van der Waals surface area contributed by atoms with E-state index in [9.17, 15) is 14.6 Å². The summed E-state index contributed by atoms with van der Waals surface area (Å²) in [6.07, 6.45) is -0.436. The van der Waals surface area contributed by atoms with Crippen molar-refractivity contribution in [2.24, 2.45) is 0 Å². The molecule has 24 heavy (non-hydrogen) atoms. The van der Waals surface area contributed by atoms with Crippen LogP contribution in [0.5, 0.6) is 0 Å². The van der Waals surface area contributed by atoms with Crippen molar-refractivity contribution in [2.75, 3.05) is 23.7 Å². The van der Waals surface area contributed by atoms with Gasteiger partial charge in [0.25, 0.3) is 0 Å². The molecule has 3 rings (SSSR count). The third-order valence-corrected chi connectivity index (χ3v) is 4.99. The number of aromatic nitrogens is 2. The van der Waals surface area contributed by atoms with Crippen LogP contribution in [0, 0.1) is 5.82 Å². The molecule has 1 aliphatic rings. The van der Waals surface area contributed by atoms with Gasteiger partial charge in [-0.2, -0.15) is 4.98 Å². The first-order chi connectivity index (χ1) is 11.3. The average Bonchev–Trinajstić information content (AvgIpc) is 2.52. The SMILES string of the molecule is C[C@]1(O)CCN(c2cc(Sc3ccc(F)cc3)nc(N)n2)C[C@@H]1O. The van der Waals surface area contributed by atoms with Crippen molar-refractivity contribution >= 4 is 23.5 Å². The molecule has 0 amide bonds. The first-order valence-electron chi connectivity index (χ1n) is 7.57. The molecule has 2 aromatic rings. The Labute approximate surface area is 143 Å². The van der Waals surface area contributed by atoms with Crippen molar-refractivity contribution < 1.29 is 14.6 Å². The number of nitrogens with two attached hydrogens (primary N) is 1. The van der Waals surface area contributed by atoms with Crippen LogP contribution in [0.4, 0.5) is 16.2 Å². The van der Waals surface area contributed by atoms with Gasteiger partial charge < -0.3 is 20.8 Å². The molecule has 1 aliphatic heterocycles. The Hall–Kier alpha value is -1.90. The average molecular weight is 350 g/mol. The Bertz CT molecular complexity index is 727. The van der Waals surface area contributed by atoms with Crippen molar-refractivity contribution in [2.45, 2.75) is 35.0 Å². The fourth-order valence-electron chi connectivity index (χ4n) is 2.50. The third kappa shape index (κ3) is 3.77. The Morgan fingerprint density at radius 2 is 2.04 bits per heavy atom. The standard InChI is InChI=1S/C16H19FN4O2S/c1-16(23)6-7-21(9-12(16)22)13-8-14(20-15(18)19-13)24-11-4-2-10(17)3-5-11/h2-5,8,12,22-23H,6-7,9H2,1H3,(H2,18,19,20)/t12-,16-/m0/s1. The van der Waals surface area contributed by atoms with Crippen molar-refractivity contribution in [1.82, 2.24) is 9.97 Å². The van der Waals surface area contributed by atoms with Crippen LogP contribution >= 0.6 is 11.8 Å². The van der Waals surface area contributed by atoms with E-state index >= 15 is 0 Å². The van der Waals surface area contributed by atoms with E-state index in [1.54, 1.807) is 25.1 Å². The number of benzene rings is 1. The van der Waals surface area contributed by atoms with Gasteiger partial charge >= 0.3 is 0 Å². The number of β-amino-alcohol motifs (C(OH)–C–C–N with tert-alkyl or cyclic N) is 1. The molecule has 0 saturated carbocycles. The highest BCUT2D eigenvalue weighted by Gasteiger charge is 2.36. The van der Waals surface area contributed by atoms with E-state index in [1.165, 1.54) is 23.9 Å². The normalized spacial score (nSPS) is 24.2. The van der Waals surface area contributed by atoms with Gasteiger partial charge in [0.1, 0.15) is 16.7 Å². The molecule has 2 heterocycles. The van der Waals surface area contributed by atoms with E-state index in [0.717, 1.165) is 4.90 Å². The van der Waals surface area contributed by atoms with Crippen LogP contribution in [0.3, 0.4) is 0 Å². The van der Waals surface area contributed by atoms with E-state index in [4.69, 9.17) is 5.73 Å². The van der Waals surface area contributed by atoms with E-state index in [-0.39, 0.29) is 18.3 Å². The molecule has 1 aromatic heterocycles. The minimum atomic E-state index is -1.10. The molecule has 6 nitrogen and oxygen atoms in total. The molecule has 0 radical (unpaired) electrons. The van der Waals surface area contributed by atoms with Gasteiger partial charge in [0.2, 0.25) is 5.95 Å². The van der Waals surface area contributed by atoms with E-state index in [0.29, 0.717) is 23.8 Å². The van der Waals surface area contributed by atoms with Gasteiger partial charge in [0, 0.05) is 24.1 Å². The summed E-state index contributed by atoms with van der Waals surface area (Å²) in [4.78, 5) is 11.1. The number of aliphatic hydroxyl groups is 2. The van der Waals surface area contributed by atoms with Crippen LogP contribution in [0.2, 0.25) is 0 Å². The van der Waals surface area contributed by atoms with E-state index in [2.05, 4.69) is 9.97 Å². The summed E-state index contributed by atoms with van der Waals surface area (Å²) >= 11 is 1.35. The van der Waals surface area contributed by atoms with Crippen molar-refractivity contribution in [3.63, 3.8) is 0 Å². The zero-order valence-corrected chi connectivity index (χ0v) is 14.0. The smallest absolute Gasteiger partial charge is 0.223 e. The molecule has 4 N–H and O–H groups in total. The Morgan fingerprint density at radius 1 is 1.33 bits per heavy atom. The zero-order chi connectivity index (χ0) is 17.3. The first-order valence-corrected chi connectivity index (χ1v) is 8.38. The monoisotopic (exact) mass is 350 g/mol. The van der Waals surface area contributed by atoms with Gasteiger partial charge in [-0.1, -0.05) is 11.8 Å². The van der Waals surface area contributed by atoms with Crippen LogP contribution in [0.15, 0.2) is 40.3 Å². The Balaban J connectivity index is 1.80. The van der Waals surface area contributed by atoms with Gasteiger partial charge in [0.15, 0.2) is 0 Å². The van der Waals surface area contributed by atoms with E-state index in [1.807, 2.05) is 4.90 Å². The van der Waals surface area contributed by atoms with Crippen molar-refractivity contribution in [3.05, 3.63) is 36.1 Å². The van der Waals surface area contributed by atoms with Crippen LogP contribution in [0.1, 0.15) is 13.3 Å². The lowest BCUT2D eigenvalue weighted by Gasteiger charge is -2.40. The highest BCUT2D eigenvalue weighted by molar-refractivity contribution is 7.99. The van der Waals surface area contributed by atoms with Gasteiger partial charge in [-0.25, -0.2) is 9.37 Å². The van der Waals surface area contributed by atoms with Gasteiger partial charge in [-0.3, -0.25) is 0 Å². The molecule has 2 atom stereocenters. The number of nitrogens with zero attached hydrogens (tertiary/aromatic N) is 3. The lowest BCUT2D eigenvalue weighted by Crippen LogP contribution is -2.54. The van der Waals surface area contributed by atoms with Crippen molar-refractivity contribution in [1.29, 1.82) is 0 Å².